The van der Waals surface area contributed by atoms with Crippen LogP contribution in [0.5, 0.6) is 5.75 Å². The van der Waals surface area contributed by atoms with Gasteiger partial charge in [0.2, 0.25) is 0 Å². The van der Waals surface area contributed by atoms with E-state index in [4.69, 9.17) is 11.6 Å². The summed E-state index contributed by atoms with van der Waals surface area (Å²) in [6.45, 7) is 5.53. The standard InChI is InChI=1S/C14H15ClN2O2S/c1-8-6-11(18)10(15)7-9(8)12(19)17-14(2,3)13-16-4-5-20-13/h4-7,18H,1-3H3,(H,17,19). The fourth-order valence-electron chi connectivity index (χ4n) is 1.85. The summed E-state index contributed by atoms with van der Waals surface area (Å²) in [4.78, 5) is 16.6. The van der Waals surface area contributed by atoms with Crippen molar-refractivity contribution in [1.29, 1.82) is 0 Å². The molecular formula is C14H15ClN2O2S. The lowest BCUT2D eigenvalue weighted by molar-refractivity contribution is 0.0911. The fraction of sp³-hybridized carbons (Fsp3) is 0.286. The minimum Gasteiger partial charge on any atom is -0.506 e. The molecule has 1 heterocycles. The minimum absolute atomic E-state index is 0.0279. The number of benzene rings is 1. The Balaban J connectivity index is 2.27. The molecule has 2 N–H and O–H groups in total. The van der Waals surface area contributed by atoms with Crippen LogP contribution >= 0.6 is 22.9 Å². The molecule has 0 unspecified atom stereocenters. The number of aromatic nitrogens is 1. The van der Waals surface area contributed by atoms with Gasteiger partial charge in [0.05, 0.1) is 10.6 Å². The number of hydrogen-bond acceptors (Lipinski definition) is 4. The Kier molecular flexibility index (Phi) is 4.01. The summed E-state index contributed by atoms with van der Waals surface area (Å²) in [6.07, 6.45) is 1.70. The summed E-state index contributed by atoms with van der Waals surface area (Å²) in [6, 6.07) is 2.95. The van der Waals surface area contributed by atoms with E-state index >= 15 is 0 Å². The molecule has 2 aromatic rings. The fourth-order valence-corrected chi connectivity index (χ4v) is 2.73. The lowest BCUT2D eigenvalue weighted by Gasteiger charge is -2.24. The molecule has 0 saturated carbocycles. The van der Waals surface area contributed by atoms with Crippen molar-refractivity contribution in [2.75, 3.05) is 0 Å². The molecule has 0 fully saturated rings. The zero-order valence-electron chi connectivity index (χ0n) is 11.4. The van der Waals surface area contributed by atoms with E-state index in [-0.39, 0.29) is 16.7 Å². The Hall–Kier alpha value is -1.59. The zero-order valence-corrected chi connectivity index (χ0v) is 13.0. The number of nitrogens with one attached hydrogen (secondary N) is 1. The van der Waals surface area contributed by atoms with Gasteiger partial charge in [-0.25, -0.2) is 4.98 Å². The van der Waals surface area contributed by atoms with Crippen molar-refractivity contribution in [2.24, 2.45) is 0 Å². The van der Waals surface area contributed by atoms with Crippen molar-refractivity contribution in [3.05, 3.63) is 44.9 Å². The number of carbonyl (C=O) groups excluding carboxylic acids is 1. The number of phenolic OH excluding ortho intramolecular Hbond substituents is 1. The maximum Gasteiger partial charge on any atom is 0.252 e. The number of rotatable bonds is 3. The van der Waals surface area contributed by atoms with Gasteiger partial charge >= 0.3 is 0 Å². The smallest absolute Gasteiger partial charge is 0.252 e. The quantitative estimate of drug-likeness (QED) is 0.912. The van der Waals surface area contributed by atoms with Crippen LogP contribution in [0.15, 0.2) is 23.7 Å². The van der Waals surface area contributed by atoms with Gasteiger partial charge in [0.1, 0.15) is 10.8 Å². The Bertz CT molecular complexity index is 639. The van der Waals surface area contributed by atoms with Crippen LogP contribution in [0.25, 0.3) is 0 Å². The highest BCUT2D eigenvalue weighted by Gasteiger charge is 2.26. The topological polar surface area (TPSA) is 62.2 Å². The highest BCUT2D eigenvalue weighted by atomic mass is 35.5. The van der Waals surface area contributed by atoms with Gasteiger partial charge in [-0.3, -0.25) is 4.79 Å². The number of halogens is 1. The molecule has 0 radical (unpaired) electrons. The third-order valence-electron chi connectivity index (χ3n) is 2.93. The molecule has 4 nitrogen and oxygen atoms in total. The van der Waals surface area contributed by atoms with Crippen LogP contribution in [-0.4, -0.2) is 16.0 Å². The van der Waals surface area contributed by atoms with Crippen LogP contribution in [0.4, 0.5) is 0 Å². The van der Waals surface area contributed by atoms with Crippen molar-refractivity contribution in [1.82, 2.24) is 10.3 Å². The Morgan fingerprint density at radius 3 is 2.75 bits per heavy atom. The monoisotopic (exact) mass is 310 g/mol. The molecule has 106 valence electrons. The Labute approximate surface area is 126 Å². The van der Waals surface area contributed by atoms with E-state index in [2.05, 4.69) is 10.3 Å². The largest absolute Gasteiger partial charge is 0.506 e. The summed E-state index contributed by atoms with van der Waals surface area (Å²) in [5.74, 6) is -0.274. The average molecular weight is 311 g/mol. The number of thiazole rings is 1. The van der Waals surface area contributed by atoms with Gasteiger partial charge in [0, 0.05) is 17.1 Å². The van der Waals surface area contributed by atoms with Gasteiger partial charge in [-0.1, -0.05) is 11.6 Å². The lowest BCUT2D eigenvalue weighted by Crippen LogP contribution is -2.41. The lowest BCUT2D eigenvalue weighted by atomic mass is 10.0. The van der Waals surface area contributed by atoms with Crippen LogP contribution in [0, 0.1) is 6.92 Å². The molecule has 0 spiro atoms. The maximum atomic E-state index is 12.4. The third kappa shape index (κ3) is 2.94. The molecule has 1 aromatic heterocycles. The van der Waals surface area contributed by atoms with Gasteiger partial charge in [-0.15, -0.1) is 11.3 Å². The van der Waals surface area contributed by atoms with E-state index in [0.717, 1.165) is 5.01 Å². The first-order valence-electron chi connectivity index (χ1n) is 6.03. The summed E-state index contributed by atoms with van der Waals surface area (Å²) in [5, 5.41) is 15.3. The molecule has 6 heteroatoms. The van der Waals surface area contributed by atoms with Crippen molar-refractivity contribution in [3.8, 4) is 5.75 Å². The van der Waals surface area contributed by atoms with E-state index in [1.54, 1.807) is 13.1 Å². The molecule has 0 aliphatic heterocycles. The summed E-state index contributed by atoms with van der Waals surface area (Å²) in [7, 11) is 0. The number of amides is 1. The summed E-state index contributed by atoms with van der Waals surface area (Å²) in [5.41, 5.74) is 0.541. The second-order valence-electron chi connectivity index (χ2n) is 5.03. The van der Waals surface area contributed by atoms with E-state index < -0.39 is 5.54 Å². The molecule has 1 amide bonds. The van der Waals surface area contributed by atoms with Gasteiger partial charge in [0.15, 0.2) is 0 Å². The predicted molar refractivity (Wildman–Crippen MR) is 80.5 cm³/mol. The SMILES string of the molecule is Cc1cc(O)c(Cl)cc1C(=O)NC(C)(C)c1nccs1. The van der Waals surface area contributed by atoms with Crippen LogP contribution in [0.2, 0.25) is 5.02 Å². The summed E-state index contributed by atoms with van der Waals surface area (Å²) < 4.78 is 0. The Morgan fingerprint density at radius 1 is 1.45 bits per heavy atom. The maximum absolute atomic E-state index is 12.4. The van der Waals surface area contributed by atoms with Crippen molar-refractivity contribution in [3.63, 3.8) is 0 Å². The number of hydrogen-bond donors (Lipinski definition) is 2. The van der Waals surface area contributed by atoms with Crippen LogP contribution < -0.4 is 5.32 Å². The summed E-state index contributed by atoms with van der Waals surface area (Å²) >= 11 is 7.35. The van der Waals surface area contributed by atoms with Crippen LogP contribution in [0.3, 0.4) is 0 Å². The first-order chi connectivity index (χ1) is 9.31. The van der Waals surface area contributed by atoms with E-state index in [0.29, 0.717) is 11.1 Å². The van der Waals surface area contributed by atoms with Gasteiger partial charge in [0.25, 0.3) is 5.91 Å². The molecule has 0 atom stereocenters. The number of aryl methyl sites for hydroxylation is 1. The first kappa shape index (κ1) is 14.8. The second kappa shape index (κ2) is 5.42. The van der Waals surface area contributed by atoms with Crippen molar-refractivity contribution in [2.45, 2.75) is 26.3 Å². The number of carbonyl (C=O) groups is 1. The molecule has 0 aliphatic carbocycles. The van der Waals surface area contributed by atoms with Crippen molar-refractivity contribution < 1.29 is 9.90 Å². The molecule has 20 heavy (non-hydrogen) atoms. The highest BCUT2D eigenvalue weighted by Crippen LogP contribution is 2.28. The molecule has 1 aromatic carbocycles. The minimum atomic E-state index is -0.567. The number of phenols is 1. The first-order valence-corrected chi connectivity index (χ1v) is 7.28. The molecule has 0 saturated heterocycles. The van der Waals surface area contributed by atoms with E-state index in [1.165, 1.54) is 23.5 Å². The zero-order chi connectivity index (χ0) is 14.9. The van der Waals surface area contributed by atoms with Gasteiger partial charge in [-0.05, 0) is 38.5 Å². The van der Waals surface area contributed by atoms with E-state index in [1.807, 2.05) is 19.2 Å². The molecule has 0 bridgehead atoms. The predicted octanol–water partition coefficient (Wildman–Crippen LogP) is 3.48. The number of nitrogens with zero attached hydrogens (tertiary/aromatic N) is 1. The normalized spacial score (nSPS) is 11.4. The van der Waals surface area contributed by atoms with E-state index in [9.17, 15) is 9.90 Å². The highest BCUT2D eigenvalue weighted by molar-refractivity contribution is 7.09. The van der Waals surface area contributed by atoms with Gasteiger partial charge in [-0.2, -0.15) is 0 Å². The van der Waals surface area contributed by atoms with Gasteiger partial charge < -0.3 is 10.4 Å². The molecule has 2 rings (SSSR count). The molecular weight excluding hydrogens is 296 g/mol. The Morgan fingerprint density at radius 2 is 2.15 bits per heavy atom. The van der Waals surface area contributed by atoms with Crippen molar-refractivity contribution >= 4 is 28.8 Å². The van der Waals surface area contributed by atoms with Crippen LogP contribution in [0.1, 0.15) is 34.8 Å². The third-order valence-corrected chi connectivity index (χ3v) is 4.33. The second-order valence-corrected chi connectivity index (χ2v) is 6.34. The average Bonchev–Trinajstić information content (AvgIpc) is 2.87. The molecule has 0 aliphatic rings. The van der Waals surface area contributed by atoms with Crippen LogP contribution in [-0.2, 0) is 5.54 Å². The number of aromatic hydroxyl groups is 1.